The quantitative estimate of drug-likeness (QED) is 0.764. The molecule has 0 bridgehead atoms. The summed E-state index contributed by atoms with van der Waals surface area (Å²) in [5, 5.41) is 11.9. The molecule has 1 aromatic carbocycles. The highest BCUT2D eigenvalue weighted by Crippen LogP contribution is 2.14. The number of ether oxygens (including phenoxy) is 1. The van der Waals surface area contributed by atoms with Crippen LogP contribution in [0.1, 0.15) is 18.9 Å². The van der Waals surface area contributed by atoms with Crippen LogP contribution in [0.25, 0.3) is 0 Å². The maximum atomic E-state index is 11.7. The molecule has 1 unspecified atom stereocenters. The molecule has 0 saturated heterocycles. The summed E-state index contributed by atoms with van der Waals surface area (Å²) in [6.07, 6.45) is 0.716. The lowest BCUT2D eigenvalue weighted by atomic mass is 10.2. The van der Waals surface area contributed by atoms with Crippen molar-refractivity contribution in [2.75, 3.05) is 19.5 Å². The summed E-state index contributed by atoms with van der Waals surface area (Å²) in [7, 11) is 1.62. The fourth-order valence-corrected chi connectivity index (χ4v) is 2.33. The number of thioether (sulfide) groups is 1. The zero-order valence-electron chi connectivity index (χ0n) is 11.4. The van der Waals surface area contributed by atoms with Crippen molar-refractivity contribution < 1.29 is 14.6 Å². The lowest BCUT2D eigenvalue weighted by Gasteiger charge is -2.10. The van der Waals surface area contributed by atoms with Crippen LogP contribution >= 0.6 is 11.8 Å². The number of hydrogen-bond donors (Lipinski definition) is 2. The molecule has 0 radical (unpaired) electrons. The molecule has 1 rings (SSSR count). The van der Waals surface area contributed by atoms with Crippen LogP contribution in [0.2, 0.25) is 0 Å². The van der Waals surface area contributed by atoms with Crippen molar-refractivity contribution in [3.8, 4) is 5.75 Å². The summed E-state index contributed by atoms with van der Waals surface area (Å²) in [6, 6.07) is 7.63. The third-order valence-electron chi connectivity index (χ3n) is 2.66. The molecule has 0 saturated carbocycles. The molecule has 19 heavy (non-hydrogen) atoms. The molecule has 0 aliphatic heterocycles. The van der Waals surface area contributed by atoms with Crippen molar-refractivity contribution in [1.82, 2.24) is 5.32 Å². The minimum absolute atomic E-state index is 0.0117. The van der Waals surface area contributed by atoms with Crippen LogP contribution in [0.4, 0.5) is 0 Å². The zero-order chi connectivity index (χ0) is 14.1. The maximum absolute atomic E-state index is 11.7. The van der Waals surface area contributed by atoms with Crippen LogP contribution < -0.4 is 10.1 Å². The summed E-state index contributed by atoms with van der Waals surface area (Å²) in [6.45, 7) is 2.68. The van der Waals surface area contributed by atoms with Gasteiger partial charge in [-0.1, -0.05) is 19.1 Å². The van der Waals surface area contributed by atoms with E-state index in [0.29, 0.717) is 24.0 Å². The lowest BCUT2D eigenvalue weighted by Crippen LogP contribution is -2.25. The smallest absolute Gasteiger partial charge is 0.230 e. The van der Waals surface area contributed by atoms with Gasteiger partial charge in [-0.2, -0.15) is 0 Å². The number of amides is 1. The Morgan fingerprint density at radius 3 is 3.00 bits per heavy atom. The van der Waals surface area contributed by atoms with Crippen molar-refractivity contribution in [3.05, 3.63) is 29.8 Å². The van der Waals surface area contributed by atoms with Gasteiger partial charge in [-0.05, 0) is 24.1 Å². The molecule has 4 nitrogen and oxygen atoms in total. The lowest BCUT2D eigenvalue weighted by molar-refractivity contribution is -0.118. The number of aliphatic hydroxyl groups is 1. The molecule has 0 aliphatic rings. The van der Waals surface area contributed by atoms with E-state index in [-0.39, 0.29) is 12.5 Å². The van der Waals surface area contributed by atoms with Gasteiger partial charge in [-0.25, -0.2) is 0 Å². The van der Waals surface area contributed by atoms with Crippen LogP contribution in [0.5, 0.6) is 5.75 Å². The van der Waals surface area contributed by atoms with Gasteiger partial charge in [0.1, 0.15) is 5.75 Å². The van der Waals surface area contributed by atoms with Crippen LogP contribution in [-0.4, -0.2) is 35.7 Å². The van der Waals surface area contributed by atoms with E-state index >= 15 is 0 Å². The minimum atomic E-state index is 0.0117. The van der Waals surface area contributed by atoms with Crippen LogP contribution in [-0.2, 0) is 11.3 Å². The molecule has 0 heterocycles. The largest absolute Gasteiger partial charge is 0.497 e. The Morgan fingerprint density at radius 2 is 2.32 bits per heavy atom. The predicted octanol–water partition coefficient (Wildman–Crippen LogP) is 1.82. The van der Waals surface area contributed by atoms with E-state index < -0.39 is 0 Å². The van der Waals surface area contributed by atoms with Gasteiger partial charge in [0.25, 0.3) is 0 Å². The van der Waals surface area contributed by atoms with E-state index in [9.17, 15) is 4.79 Å². The van der Waals surface area contributed by atoms with E-state index in [1.807, 2.05) is 31.2 Å². The van der Waals surface area contributed by atoms with Gasteiger partial charge in [0.05, 0.1) is 12.9 Å². The fraction of sp³-hybridized carbons (Fsp3) is 0.500. The van der Waals surface area contributed by atoms with Crippen LogP contribution in [0.3, 0.4) is 0 Å². The Morgan fingerprint density at radius 1 is 1.53 bits per heavy atom. The first-order valence-corrected chi connectivity index (χ1v) is 7.32. The van der Waals surface area contributed by atoms with Crippen LogP contribution in [0.15, 0.2) is 24.3 Å². The van der Waals surface area contributed by atoms with Crippen LogP contribution in [0, 0.1) is 0 Å². The minimum Gasteiger partial charge on any atom is -0.497 e. The number of carbonyl (C=O) groups excluding carboxylic acids is 1. The number of rotatable bonds is 8. The number of carbonyl (C=O) groups is 1. The number of benzene rings is 1. The summed E-state index contributed by atoms with van der Waals surface area (Å²) < 4.78 is 5.13. The Labute approximate surface area is 118 Å². The van der Waals surface area contributed by atoms with Gasteiger partial charge in [0, 0.05) is 18.4 Å². The standard InChI is InChI=1S/C14H21NO3S/c1-11(6-7-16)19-10-14(17)15-9-12-4-3-5-13(8-12)18-2/h3-5,8,11,16H,6-7,9-10H2,1-2H3,(H,15,17). The molecule has 2 N–H and O–H groups in total. The van der Waals surface area contributed by atoms with Crippen molar-refractivity contribution in [1.29, 1.82) is 0 Å². The Hall–Kier alpha value is -1.20. The molecule has 1 atom stereocenters. The van der Waals surface area contributed by atoms with E-state index in [4.69, 9.17) is 9.84 Å². The molecule has 106 valence electrons. The molecular weight excluding hydrogens is 262 g/mol. The first-order chi connectivity index (χ1) is 9.15. The molecule has 1 amide bonds. The van der Waals surface area contributed by atoms with Gasteiger partial charge < -0.3 is 15.2 Å². The molecular formula is C14H21NO3S. The normalized spacial score (nSPS) is 11.9. The summed E-state index contributed by atoms with van der Waals surface area (Å²) in [4.78, 5) is 11.7. The van der Waals surface area contributed by atoms with Gasteiger partial charge in [-0.3, -0.25) is 4.79 Å². The second-order valence-corrected chi connectivity index (χ2v) is 5.69. The third-order valence-corrected chi connectivity index (χ3v) is 3.89. The van der Waals surface area contributed by atoms with Gasteiger partial charge in [-0.15, -0.1) is 11.8 Å². The number of hydrogen-bond acceptors (Lipinski definition) is 4. The maximum Gasteiger partial charge on any atom is 0.230 e. The monoisotopic (exact) mass is 283 g/mol. The van der Waals surface area contributed by atoms with Gasteiger partial charge in [0.15, 0.2) is 0 Å². The molecule has 5 heteroatoms. The SMILES string of the molecule is COc1cccc(CNC(=O)CSC(C)CCO)c1. The van der Waals surface area contributed by atoms with E-state index in [2.05, 4.69) is 5.32 Å². The number of aliphatic hydroxyl groups excluding tert-OH is 1. The molecule has 0 aliphatic carbocycles. The number of methoxy groups -OCH3 is 1. The highest BCUT2D eigenvalue weighted by molar-refractivity contribution is 8.00. The van der Waals surface area contributed by atoms with Crippen molar-refractivity contribution in [2.45, 2.75) is 25.1 Å². The van der Waals surface area contributed by atoms with Crippen molar-refractivity contribution >= 4 is 17.7 Å². The van der Waals surface area contributed by atoms with Crippen molar-refractivity contribution in [3.63, 3.8) is 0 Å². The number of nitrogens with one attached hydrogen (secondary N) is 1. The highest BCUT2D eigenvalue weighted by atomic mass is 32.2. The van der Waals surface area contributed by atoms with Gasteiger partial charge in [0.2, 0.25) is 5.91 Å². The Kier molecular flexibility index (Phi) is 7.36. The first kappa shape index (κ1) is 15.9. The molecule has 0 spiro atoms. The summed E-state index contributed by atoms with van der Waals surface area (Å²) in [5.74, 6) is 1.22. The predicted molar refractivity (Wildman–Crippen MR) is 78.5 cm³/mol. The molecule has 0 fully saturated rings. The second kappa shape index (κ2) is 8.82. The summed E-state index contributed by atoms with van der Waals surface area (Å²) in [5.41, 5.74) is 1.01. The Bertz CT molecular complexity index is 398. The molecule has 1 aromatic rings. The van der Waals surface area contributed by atoms with E-state index in [1.165, 1.54) is 0 Å². The Balaban J connectivity index is 2.29. The van der Waals surface area contributed by atoms with Gasteiger partial charge >= 0.3 is 0 Å². The average Bonchev–Trinajstić information content (AvgIpc) is 2.43. The topological polar surface area (TPSA) is 58.6 Å². The van der Waals surface area contributed by atoms with E-state index in [1.54, 1.807) is 18.9 Å². The fourth-order valence-electron chi connectivity index (χ4n) is 1.52. The second-order valence-electron chi connectivity index (χ2n) is 4.26. The highest BCUT2D eigenvalue weighted by Gasteiger charge is 2.06. The van der Waals surface area contributed by atoms with Crippen molar-refractivity contribution in [2.24, 2.45) is 0 Å². The first-order valence-electron chi connectivity index (χ1n) is 6.27. The zero-order valence-corrected chi connectivity index (χ0v) is 12.2. The molecule has 0 aromatic heterocycles. The van der Waals surface area contributed by atoms with E-state index in [0.717, 1.165) is 11.3 Å². The summed E-state index contributed by atoms with van der Waals surface area (Å²) >= 11 is 1.56. The average molecular weight is 283 g/mol. The third kappa shape index (κ3) is 6.50.